The minimum Gasteiger partial charge on any atom is -0.349 e. The number of hydrogen-bond acceptors (Lipinski definition) is 5. The molecule has 5 aromatic rings. The Morgan fingerprint density at radius 2 is 1.76 bits per heavy atom. The molecule has 1 N–H and O–H groups in total. The summed E-state index contributed by atoms with van der Waals surface area (Å²) in [6.07, 6.45) is 1.94. The number of nitrogens with one attached hydrogen (secondary N) is 1. The maximum absolute atomic E-state index is 13.7. The second-order valence-electron chi connectivity index (χ2n) is 10.2. The van der Waals surface area contributed by atoms with Gasteiger partial charge in [0, 0.05) is 36.6 Å². The molecule has 4 aromatic heterocycles. The third kappa shape index (κ3) is 5.29. The van der Waals surface area contributed by atoms with Crippen LogP contribution in [0.2, 0.25) is 5.02 Å². The van der Waals surface area contributed by atoms with Gasteiger partial charge in [0.15, 0.2) is 11.3 Å². The molecular formula is C29H24ClF3N6O2. The average molecular weight is 581 g/mol. The fourth-order valence-electron chi connectivity index (χ4n) is 5.55. The fourth-order valence-corrected chi connectivity index (χ4v) is 5.71. The molecule has 1 saturated carbocycles. The van der Waals surface area contributed by atoms with E-state index in [-0.39, 0.29) is 22.7 Å². The van der Waals surface area contributed by atoms with Gasteiger partial charge in [0.05, 0.1) is 27.3 Å². The quantitative estimate of drug-likeness (QED) is 0.284. The van der Waals surface area contributed by atoms with Crippen molar-refractivity contribution in [3.05, 3.63) is 93.9 Å². The molecule has 1 aliphatic carbocycles. The minimum absolute atomic E-state index is 0.0505. The van der Waals surface area contributed by atoms with Crippen LogP contribution < -0.4 is 11.0 Å². The molecule has 1 aromatic carbocycles. The first-order valence-corrected chi connectivity index (χ1v) is 13.5. The Bertz CT molecular complexity index is 1830. The number of benzene rings is 1. The van der Waals surface area contributed by atoms with Crippen LogP contribution in [0.3, 0.4) is 0 Å². The van der Waals surface area contributed by atoms with Crippen LogP contribution in [-0.2, 0) is 12.7 Å². The third-order valence-electron chi connectivity index (χ3n) is 7.52. The molecule has 1 amide bonds. The molecule has 0 unspecified atom stereocenters. The van der Waals surface area contributed by atoms with Gasteiger partial charge in [-0.3, -0.25) is 18.9 Å². The first kappa shape index (κ1) is 26.9. The highest BCUT2D eigenvalue weighted by atomic mass is 35.5. The molecule has 6 rings (SSSR count). The zero-order valence-electron chi connectivity index (χ0n) is 21.6. The van der Waals surface area contributed by atoms with Gasteiger partial charge >= 0.3 is 11.9 Å². The SMILES string of the molecule is O=C(NC1CCC(Cn2c(=O)n(-c3ccc4ncccc4c3)c3cccnc32)CC1)c1cc(Cl)cnc1C(F)(F)F. The molecule has 12 heteroatoms. The topological polar surface area (TPSA) is 94.7 Å². The van der Waals surface area contributed by atoms with Crippen LogP contribution in [0.25, 0.3) is 27.8 Å². The molecule has 0 atom stereocenters. The lowest BCUT2D eigenvalue weighted by molar-refractivity contribution is -0.141. The third-order valence-corrected chi connectivity index (χ3v) is 7.73. The number of nitrogens with zero attached hydrogens (tertiary/aromatic N) is 5. The number of amides is 1. The van der Waals surface area contributed by atoms with Crippen LogP contribution in [0.15, 0.2) is 71.9 Å². The number of fused-ring (bicyclic) bond motifs is 2. The number of rotatable bonds is 5. The van der Waals surface area contributed by atoms with Crippen molar-refractivity contribution in [2.75, 3.05) is 0 Å². The van der Waals surface area contributed by atoms with Crippen LogP contribution in [0.1, 0.15) is 41.7 Å². The standard InChI is InChI=1S/C29H24ClF3N6O2/c30-19-14-22(25(36-15-19)29(31,32)33)27(40)37-20-7-5-17(6-8-20)16-38-26-24(4-2-12-35-26)39(28(38)41)21-9-10-23-18(13-21)3-1-11-34-23/h1-4,9-15,17,20H,5-8,16H2,(H,37,40). The maximum atomic E-state index is 13.7. The molecule has 0 radical (unpaired) electrons. The molecule has 210 valence electrons. The van der Waals surface area contributed by atoms with E-state index in [2.05, 4.69) is 20.3 Å². The van der Waals surface area contributed by atoms with Gasteiger partial charge < -0.3 is 5.32 Å². The zero-order valence-corrected chi connectivity index (χ0v) is 22.4. The van der Waals surface area contributed by atoms with E-state index in [0.717, 1.165) is 23.2 Å². The number of pyridine rings is 3. The molecule has 0 aliphatic heterocycles. The summed E-state index contributed by atoms with van der Waals surface area (Å²) in [6.45, 7) is 0.436. The summed E-state index contributed by atoms with van der Waals surface area (Å²) >= 11 is 5.82. The van der Waals surface area contributed by atoms with Gasteiger partial charge in [-0.25, -0.2) is 14.8 Å². The average Bonchev–Trinajstić information content (AvgIpc) is 3.23. The van der Waals surface area contributed by atoms with Crippen LogP contribution in [0, 0.1) is 5.92 Å². The van der Waals surface area contributed by atoms with E-state index in [1.54, 1.807) is 27.6 Å². The highest BCUT2D eigenvalue weighted by Gasteiger charge is 2.38. The van der Waals surface area contributed by atoms with Gasteiger partial charge in [0.2, 0.25) is 0 Å². The molecule has 1 fully saturated rings. The summed E-state index contributed by atoms with van der Waals surface area (Å²) in [5.74, 6) is -0.730. The normalized spacial score (nSPS) is 17.7. The van der Waals surface area contributed by atoms with Crippen molar-refractivity contribution in [3.8, 4) is 5.69 Å². The fraction of sp³-hybridized carbons (Fsp3) is 0.276. The summed E-state index contributed by atoms with van der Waals surface area (Å²) in [4.78, 5) is 38.6. The van der Waals surface area contributed by atoms with Crippen molar-refractivity contribution in [3.63, 3.8) is 0 Å². The summed E-state index contributed by atoms with van der Waals surface area (Å²) in [7, 11) is 0. The Morgan fingerprint density at radius 1 is 1.00 bits per heavy atom. The van der Waals surface area contributed by atoms with E-state index in [1.165, 1.54) is 0 Å². The number of carbonyl (C=O) groups is 1. The van der Waals surface area contributed by atoms with E-state index in [9.17, 15) is 22.8 Å². The Labute approximate surface area is 236 Å². The number of halogens is 4. The molecule has 41 heavy (non-hydrogen) atoms. The Balaban J connectivity index is 1.19. The van der Waals surface area contributed by atoms with Crippen LogP contribution >= 0.6 is 11.6 Å². The van der Waals surface area contributed by atoms with Crippen molar-refractivity contribution in [2.24, 2.45) is 5.92 Å². The Kier molecular flexibility index (Phi) is 6.98. The van der Waals surface area contributed by atoms with Crippen LogP contribution in [-0.4, -0.2) is 36.0 Å². The van der Waals surface area contributed by atoms with Crippen molar-refractivity contribution in [1.29, 1.82) is 0 Å². The van der Waals surface area contributed by atoms with E-state index in [1.807, 2.05) is 36.4 Å². The van der Waals surface area contributed by atoms with E-state index < -0.39 is 23.3 Å². The van der Waals surface area contributed by atoms with Crippen LogP contribution in [0.4, 0.5) is 13.2 Å². The van der Waals surface area contributed by atoms with Gasteiger partial charge in [-0.1, -0.05) is 17.7 Å². The van der Waals surface area contributed by atoms with Crippen LogP contribution in [0.5, 0.6) is 0 Å². The molecule has 0 spiro atoms. The predicted octanol–water partition coefficient (Wildman–Crippen LogP) is 5.79. The molecule has 4 heterocycles. The minimum atomic E-state index is -4.78. The van der Waals surface area contributed by atoms with Crippen molar-refractivity contribution in [1.82, 2.24) is 29.4 Å². The summed E-state index contributed by atoms with van der Waals surface area (Å²) in [5.41, 5.74) is 0.750. The van der Waals surface area contributed by atoms with Gasteiger partial charge in [-0.15, -0.1) is 0 Å². The summed E-state index contributed by atoms with van der Waals surface area (Å²) in [5, 5.41) is 3.58. The van der Waals surface area contributed by atoms with E-state index in [4.69, 9.17) is 11.6 Å². The Morgan fingerprint density at radius 3 is 2.54 bits per heavy atom. The van der Waals surface area contributed by atoms with Gasteiger partial charge in [-0.2, -0.15) is 13.2 Å². The van der Waals surface area contributed by atoms with Crippen molar-refractivity contribution < 1.29 is 18.0 Å². The number of alkyl halides is 3. The lowest BCUT2D eigenvalue weighted by atomic mass is 9.85. The largest absolute Gasteiger partial charge is 0.434 e. The van der Waals surface area contributed by atoms with Crippen molar-refractivity contribution in [2.45, 2.75) is 44.4 Å². The monoisotopic (exact) mass is 580 g/mol. The lowest BCUT2D eigenvalue weighted by Gasteiger charge is -2.29. The molecule has 0 saturated heterocycles. The molecule has 8 nitrogen and oxygen atoms in total. The zero-order chi connectivity index (χ0) is 28.7. The number of carbonyl (C=O) groups excluding carboxylic acids is 1. The van der Waals surface area contributed by atoms with E-state index >= 15 is 0 Å². The highest BCUT2D eigenvalue weighted by molar-refractivity contribution is 6.30. The molecular weight excluding hydrogens is 557 g/mol. The number of imidazole rings is 1. The summed E-state index contributed by atoms with van der Waals surface area (Å²) in [6, 6.07) is 13.8. The van der Waals surface area contributed by atoms with Gasteiger partial charge in [0.1, 0.15) is 0 Å². The number of hydrogen-bond donors (Lipinski definition) is 1. The molecule has 1 aliphatic rings. The first-order valence-electron chi connectivity index (χ1n) is 13.1. The highest BCUT2D eigenvalue weighted by Crippen LogP contribution is 2.32. The second kappa shape index (κ2) is 10.6. The first-order chi connectivity index (χ1) is 19.7. The predicted molar refractivity (Wildman–Crippen MR) is 148 cm³/mol. The Hall–Kier alpha value is -4.25. The summed E-state index contributed by atoms with van der Waals surface area (Å²) < 4.78 is 43.5. The smallest absolute Gasteiger partial charge is 0.349 e. The number of aromatic nitrogens is 5. The van der Waals surface area contributed by atoms with Gasteiger partial charge in [-0.05, 0) is 74.1 Å². The maximum Gasteiger partial charge on any atom is 0.434 e. The second-order valence-corrected chi connectivity index (χ2v) is 10.6. The van der Waals surface area contributed by atoms with Gasteiger partial charge in [0.25, 0.3) is 5.91 Å². The van der Waals surface area contributed by atoms with E-state index in [0.29, 0.717) is 49.1 Å². The van der Waals surface area contributed by atoms with Crippen molar-refractivity contribution >= 4 is 39.6 Å². The lowest BCUT2D eigenvalue weighted by Crippen LogP contribution is -2.39. The molecule has 0 bridgehead atoms.